The van der Waals surface area contributed by atoms with Crippen LogP contribution in [0.3, 0.4) is 0 Å². The first-order valence-corrected chi connectivity index (χ1v) is 29.8. The van der Waals surface area contributed by atoms with Gasteiger partial charge in [0, 0.05) is 12.1 Å². The number of halogens is 2. The Balaban J connectivity index is 0.000000261. The van der Waals surface area contributed by atoms with E-state index >= 15 is 8.42 Å². The van der Waals surface area contributed by atoms with Crippen LogP contribution in [0.1, 0.15) is 23.2 Å². The van der Waals surface area contributed by atoms with Gasteiger partial charge >= 0.3 is 34.5 Å². The second-order valence-electron chi connectivity index (χ2n) is 15.0. The number of fused-ring (bicyclic) bond motifs is 2. The van der Waals surface area contributed by atoms with Gasteiger partial charge in [0.15, 0.2) is 32.8 Å². The van der Waals surface area contributed by atoms with Crippen LogP contribution in [0.25, 0.3) is 0 Å². The fraction of sp³-hybridized carbons (Fsp3) is 0.0769. The van der Waals surface area contributed by atoms with Crippen LogP contribution in [-0.2, 0) is 25.0 Å². The molecule has 2 unspecified atom stereocenters. The molecule has 8 aromatic rings. The summed E-state index contributed by atoms with van der Waals surface area (Å²) >= 11 is -0.346. The third-order valence-corrected chi connectivity index (χ3v) is 18.9. The number of hydrogen-bond donors (Lipinski definition) is 2. The third kappa shape index (κ3) is 10.5. The molecule has 0 aromatic heterocycles. The molecule has 0 bridgehead atoms. The van der Waals surface area contributed by atoms with Gasteiger partial charge in [-0.15, -0.1) is 0 Å². The molecule has 14 heteroatoms. The second-order valence-corrected chi connectivity index (χ2v) is 24.3. The van der Waals surface area contributed by atoms with Crippen molar-refractivity contribution in [2.75, 3.05) is 13.6 Å². The Morgan fingerprint density at radius 2 is 0.697 bits per heavy atom. The van der Waals surface area contributed by atoms with Gasteiger partial charge in [-0.25, -0.2) is 8.42 Å². The van der Waals surface area contributed by atoms with Gasteiger partial charge in [0.25, 0.3) is 0 Å². The van der Waals surface area contributed by atoms with Crippen molar-refractivity contribution in [3.05, 3.63) is 217 Å². The molecule has 8 nitrogen and oxygen atoms in total. The Bertz CT molecular complexity index is 2660. The Morgan fingerprint density at radius 3 is 0.985 bits per heavy atom. The molecular weight excluding hydrogens is 1010 g/mol. The fourth-order valence-electron chi connectivity index (χ4n) is 8.06. The summed E-state index contributed by atoms with van der Waals surface area (Å²) in [5, 5.41) is 5.58. The summed E-state index contributed by atoms with van der Waals surface area (Å²) < 4.78 is 55.1. The number of benzene rings is 8. The van der Waals surface area contributed by atoms with Crippen LogP contribution >= 0.6 is 35.2 Å². The summed E-state index contributed by atoms with van der Waals surface area (Å²) in [6.07, 6.45) is 0. The van der Waals surface area contributed by atoms with Crippen molar-refractivity contribution in [1.82, 2.24) is 0 Å². The maximum atomic E-state index is 15.7. The first kappa shape index (κ1) is 47.4. The molecular formula is C52H46Cl2N2O6P2RuS+4. The van der Waals surface area contributed by atoms with E-state index in [2.05, 4.69) is 48.5 Å². The van der Waals surface area contributed by atoms with E-state index < -0.39 is 25.7 Å². The summed E-state index contributed by atoms with van der Waals surface area (Å²) in [5.74, 6) is 1.26. The zero-order chi connectivity index (χ0) is 45.9. The van der Waals surface area contributed by atoms with E-state index in [1.165, 1.54) is 0 Å². The van der Waals surface area contributed by atoms with E-state index in [1.54, 1.807) is 0 Å². The second kappa shape index (κ2) is 22.6. The average molecular weight is 1060 g/mol. The van der Waals surface area contributed by atoms with E-state index in [-0.39, 0.29) is 62.1 Å². The fourth-order valence-corrected chi connectivity index (χ4v) is 16.4. The first-order chi connectivity index (χ1) is 32.3. The molecule has 10 rings (SSSR count). The van der Waals surface area contributed by atoms with Crippen molar-refractivity contribution in [2.45, 2.75) is 21.9 Å². The van der Waals surface area contributed by atoms with Gasteiger partial charge in [-0.05, 0) is 83.9 Å². The molecule has 2 heterocycles. The molecule has 4 N–H and O–H groups in total. The average Bonchev–Trinajstić information content (AvgIpc) is 4.06. The van der Waals surface area contributed by atoms with Gasteiger partial charge in [-0.3, -0.25) is 0 Å². The monoisotopic (exact) mass is 1060 g/mol. The minimum absolute atomic E-state index is 0.0670. The molecule has 0 aliphatic carbocycles. The molecule has 2 aliphatic rings. The van der Waals surface area contributed by atoms with E-state index in [0.717, 1.165) is 32.3 Å². The van der Waals surface area contributed by atoms with Gasteiger partial charge in [0.1, 0.15) is 47.7 Å². The van der Waals surface area contributed by atoms with E-state index in [4.69, 9.17) is 49.8 Å². The van der Waals surface area contributed by atoms with E-state index in [0.29, 0.717) is 22.1 Å². The molecule has 0 saturated carbocycles. The number of rotatable bonds is 11. The van der Waals surface area contributed by atoms with Crippen molar-refractivity contribution in [3.63, 3.8) is 0 Å². The minimum atomic E-state index is -4.33. The standard InChI is InChI=1S/C38H28O6P2S.C14H16N2.2ClH.Ru/c39-47(40,37-33(23-21-31-35(37)43-25-41-31)45(27-13-5-1-6-14-27)28-15-7-2-8-16-28)38-34(24-22-32-36(38)44-26-42-32)46(29-17-9-3-10-18-29)30-19-11-4-12-20-30;15-13(11-7-3-1-4-8-11)14(16)12-9-5-2-6-10-12;;;/h1-24H,25-26H2;1-10,13-14H,15-16H2;2*1H;/q;;;;+4. The Kier molecular flexibility index (Phi) is 16.2. The summed E-state index contributed by atoms with van der Waals surface area (Å²) in [6.45, 7) is -0.134. The van der Waals surface area contributed by atoms with E-state index in [1.807, 2.05) is 158 Å². The molecule has 0 fully saturated rings. The Hall–Kier alpha value is -5.11. The predicted molar refractivity (Wildman–Crippen MR) is 269 cm³/mol. The van der Waals surface area contributed by atoms with Gasteiger partial charge in [0.05, 0.1) is 0 Å². The van der Waals surface area contributed by atoms with Gasteiger partial charge in [0.2, 0.25) is 23.4 Å². The Labute approximate surface area is 403 Å². The zero-order valence-corrected chi connectivity index (χ0v) is 41.4. The van der Waals surface area contributed by atoms with Crippen molar-refractivity contribution in [1.29, 1.82) is 0 Å². The molecule has 0 amide bonds. The summed E-state index contributed by atoms with van der Waals surface area (Å²) in [4.78, 5) is 0.225. The Morgan fingerprint density at radius 1 is 0.424 bits per heavy atom. The van der Waals surface area contributed by atoms with Crippen LogP contribution in [0.2, 0.25) is 0 Å². The first-order valence-electron chi connectivity index (χ1n) is 20.8. The molecule has 0 spiro atoms. The summed E-state index contributed by atoms with van der Waals surface area (Å²) in [7, 11) is 1.69. The van der Waals surface area contributed by atoms with Crippen molar-refractivity contribution in [3.8, 4) is 23.0 Å². The predicted octanol–water partition coefficient (Wildman–Crippen LogP) is 8.72. The van der Waals surface area contributed by atoms with Crippen LogP contribution in [0.15, 0.2) is 216 Å². The van der Waals surface area contributed by atoms with E-state index in [9.17, 15) is 0 Å². The van der Waals surface area contributed by atoms with Crippen LogP contribution in [0.4, 0.5) is 0 Å². The molecule has 334 valence electrons. The molecule has 0 radical (unpaired) electrons. The van der Waals surface area contributed by atoms with Crippen LogP contribution in [0.5, 0.6) is 23.0 Å². The van der Waals surface area contributed by atoms with Crippen molar-refractivity contribution in [2.24, 2.45) is 11.5 Å². The van der Waals surface area contributed by atoms with Crippen LogP contribution in [-0.4, -0.2) is 22.0 Å². The van der Waals surface area contributed by atoms with Gasteiger partial charge < -0.3 is 30.4 Å². The normalized spacial score (nSPS) is 13.2. The molecule has 8 aromatic carbocycles. The van der Waals surface area contributed by atoms with Crippen molar-refractivity contribution >= 4 is 76.9 Å². The quantitative estimate of drug-likeness (QED) is 0.0975. The zero-order valence-electron chi connectivity index (χ0n) is 35.3. The molecule has 0 saturated heterocycles. The number of ether oxygens (including phenoxy) is 4. The maximum absolute atomic E-state index is 15.7. The van der Waals surface area contributed by atoms with Gasteiger partial charge in [-0.2, -0.15) is 0 Å². The SMILES string of the molecule is NC(c1ccccc1)C(N)c1ccccc1.O=S(=O)(c1c([PH+](c2ccccc2)c2ccccc2)ccc2c1OCO2)c1c([PH+](c2ccccc2)c2ccccc2)ccc2c1OCO2.[Cl][Ru+2][Cl]. The molecule has 66 heavy (non-hydrogen) atoms. The summed E-state index contributed by atoms with van der Waals surface area (Å²) in [5.41, 5.74) is 14.4. The van der Waals surface area contributed by atoms with Crippen LogP contribution < -0.4 is 62.2 Å². The van der Waals surface area contributed by atoms with Crippen molar-refractivity contribution < 1.29 is 42.5 Å². The van der Waals surface area contributed by atoms with Crippen LogP contribution in [0, 0.1) is 0 Å². The summed E-state index contributed by atoms with van der Waals surface area (Å²) in [6, 6.07) is 67.4. The number of nitrogens with two attached hydrogens (primary N) is 2. The number of hydrogen-bond acceptors (Lipinski definition) is 8. The molecule has 2 atom stereocenters. The third-order valence-electron chi connectivity index (χ3n) is 11.1. The topological polar surface area (TPSA) is 123 Å². The number of sulfone groups is 1. The van der Waals surface area contributed by atoms with Gasteiger partial charge in [-0.1, -0.05) is 133 Å². The molecule has 2 aliphatic heterocycles.